The van der Waals surface area contributed by atoms with Crippen LogP contribution in [0.2, 0.25) is 0 Å². The lowest BCUT2D eigenvalue weighted by molar-refractivity contribution is 0.253. The number of hydrogen-bond donors (Lipinski definition) is 1. The highest BCUT2D eigenvalue weighted by molar-refractivity contribution is 5.11. The van der Waals surface area contributed by atoms with E-state index in [9.17, 15) is 0 Å². The normalized spacial score (nSPS) is 19.7. The monoisotopic (exact) mass is 289 g/mol. The zero-order chi connectivity index (χ0) is 15.3. The fourth-order valence-electron chi connectivity index (χ4n) is 2.89. The summed E-state index contributed by atoms with van der Waals surface area (Å²) in [6.45, 7) is 13.4. The lowest BCUT2D eigenvalue weighted by Gasteiger charge is -2.23. The molecule has 1 aromatic rings. The number of rotatable bonds is 5. The molecule has 3 nitrogen and oxygen atoms in total. The van der Waals surface area contributed by atoms with Gasteiger partial charge in [0.15, 0.2) is 0 Å². The van der Waals surface area contributed by atoms with Crippen LogP contribution in [0.15, 0.2) is 18.2 Å². The molecule has 21 heavy (non-hydrogen) atoms. The van der Waals surface area contributed by atoms with Crippen LogP contribution in [-0.4, -0.2) is 29.0 Å². The Bertz CT molecular complexity index is 440. The Balaban J connectivity index is 1.91. The third kappa shape index (κ3) is 5.76. The summed E-state index contributed by atoms with van der Waals surface area (Å²) in [6.07, 6.45) is 3.94. The molecule has 1 N–H and O–H groups in total. The summed E-state index contributed by atoms with van der Waals surface area (Å²) in [4.78, 5) is 7.37. The average molecular weight is 289 g/mol. The number of likely N-dealkylation sites (tertiary alicyclic amines) is 1. The van der Waals surface area contributed by atoms with Crippen molar-refractivity contribution in [2.75, 3.05) is 13.1 Å². The first kappa shape index (κ1) is 16.4. The van der Waals surface area contributed by atoms with Crippen LogP contribution in [0.1, 0.15) is 58.3 Å². The largest absolute Gasteiger partial charge is 0.309 e. The lowest BCUT2D eigenvalue weighted by Crippen LogP contribution is -2.26. The Labute approximate surface area is 130 Å². The molecule has 2 heterocycles. The second kappa shape index (κ2) is 7.37. The van der Waals surface area contributed by atoms with Crippen molar-refractivity contribution in [3.05, 3.63) is 29.6 Å². The van der Waals surface area contributed by atoms with Gasteiger partial charge in [-0.1, -0.05) is 33.8 Å². The maximum Gasteiger partial charge on any atom is 0.0547 e. The zero-order valence-corrected chi connectivity index (χ0v) is 14.2. The van der Waals surface area contributed by atoms with Gasteiger partial charge in [-0.15, -0.1) is 0 Å². The molecule has 2 rings (SSSR count). The van der Waals surface area contributed by atoms with Crippen molar-refractivity contribution in [1.29, 1.82) is 0 Å². The zero-order valence-electron chi connectivity index (χ0n) is 14.2. The van der Waals surface area contributed by atoms with Crippen LogP contribution in [0.3, 0.4) is 0 Å². The summed E-state index contributed by atoms with van der Waals surface area (Å²) in [5.41, 5.74) is 2.86. The van der Waals surface area contributed by atoms with E-state index < -0.39 is 0 Å². The van der Waals surface area contributed by atoms with Gasteiger partial charge in [0.25, 0.3) is 0 Å². The topological polar surface area (TPSA) is 28.2 Å². The van der Waals surface area contributed by atoms with Crippen LogP contribution in [0.5, 0.6) is 0 Å². The van der Waals surface area contributed by atoms with E-state index in [1.165, 1.54) is 38.0 Å². The van der Waals surface area contributed by atoms with Crippen molar-refractivity contribution < 1.29 is 0 Å². The van der Waals surface area contributed by atoms with Crippen LogP contribution in [-0.2, 0) is 13.1 Å². The van der Waals surface area contributed by atoms with E-state index in [1.54, 1.807) is 0 Å². The Hall–Kier alpha value is -0.930. The van der Waals surface area contributed by atoms with Gasteiger partial charge in [0.2, 0.25) is 0 Å². The van der Waals surface area contributed by atoms with Gasteiger partial charge >= 0.3 is 0 Å². The van der Waals surface area contributed by atoms with Crippen molar-refractivity contribution in [2.24, 2.45) is 5.41 Å². The Morgan fingerprint density at radius 2 is 1.95 bits per heavy atom. The molecule has 0 atom stereocenters. The minimum atomic E-state index is 0.503. The van der Waals surface area contributed by atoms with Crippen molar-refractivity contribution in [3.8, 4) is 0 Å². The number of nitrogens with zero attached hydrogens (tertiary/aromatic N) is 2. The minimum absolute atomic E-state index is 0.503. The number of hydrogen-bond acceptors (Lipinski definition) is 3. The molecule has 0 saturated carbocycles. The van der Waals surface area contributed by atoms with E-state index in [-0.39, 0.29) is 0 Å². The summed E-state index contributed by atoms with van der Waals surface area (Å²) >= 11 is 0. The molecule has 0 aliphatic carbocycles. The van der Waals surface area contributed by atoms with Gasteiger partial charge in [-0.05, 0) is 49.9 Å². The van der Waals surface area contributed by atoms with Crippen molar-refractivity contribution in [1.82, 2.24) is 15.2 Å². The molecule has 0 spiro atoms. The van der Waals surface area contributed by atoms with E-state index in [0.29, 0.717) is 11.5 Å². The first-order valence-corrected chi connectivity index (χ1v) is 8.35. The van der Waals surface area contributed by atoms with E-state index in [2.05, 4.69) is 56.1 Å². The van der Waals surface area contributed by atoms with Crippen LogP contribution in [0.4, 0.5) is 0 Å². The fraction of sp³-hybridized carbons (Fsp3) is 0.722. The van der Waals surface area contributed by atoms with Gasteiger partial charge < -0.3 is 5.32 Å². The van der Waals surface area contributed by atoms with Crippen molar-refractivity contribution in [2.45, 2.75) is 66.1 Å². The summed E-state index contributed by atoms with van der Waals surface area (Å²) in [5, 5.41) is 3.44. The molecular weight excluding hydrogens is 258 g/mol. The van der Waals surface area contributed by atoms with Crippen molar-refractivity contribution in [3.63, 3.8) is 0 Å². The summed E-state index contributed by atoms with van der Waals surface area (Å²) in [5.74, 6) is 0. The maximum atomic E-state index is 4.80. The highest BCUT2D eigenvalue weighted by Gasteiger charge is 2.23. The first-order chi connectivity index (χ1) is 9.94. The second-order valence-corrected chi connectivity index (χ2v) is 7.45. The third-order valence-corrected chi connectivity index (χ3v) is 4.37. The highest BCUT2D eigenvalue weighted by Crippen LogP contribution is 2.30. The number of pyridine rings is 1. The molecule has 118 valence electrons. The Kier molecular flexibility index (Phi) is 5.77. The molecule has 1 aliphatic heterocycles. The molecule has 0 bridgehead atoms. The predicted octanol–water partition coefficient (Wildman–Crippen LogP) is 3.59. The molecule has 0 unspecified atom stereocenters. The summed E-state index contributed by atoms with van der Waals surface area (Å²) in [6, 6.07) is 6.92. The first-order valence-electron chi connectivity index (χ1n) is 8.35. The molecule has 0 amide bonds. The van der Waals surface area contributed by atoms with Gasteiger partial charge in [-0.3, -0.25) is 9.88 Å². The molecule has 1 aliphatic rings. The van der Waals surface area contributed by atoms with E-state index >= 15 is 0 Å². The number of aromatic nitrogens is 1. The standard InChI is InChI=1S/C18H31N3/c1-15(2)19-13-16-7-5-8-17(20-16)14-21-11-6-9-18(3,4)10-12-21/h5,7-8,15,19H,6,9-14H2,1-4H3. The Morgan fingerprint density at radius 3 is 2.71 bits per heavy atom. The molecule has 3 heteroatoms. The van der Waals surface area contributed by atoms with E-state index in [1.807, 2.05) is 0 Å². The molecule has 0 radical (unpaired) electrons. The maximum absolute atomic E-state index is 4.80. The third-order valence-electron chi connectivity index (χ3n) is 4.37. The Morgan fingerprint density at radius 1 is 1.19 bits per heavy atom. The summed E-state index contributed by atoms with van der Waals surface area (Å²) in [7, 11) is 0. The smallest absolute Gasteiger partial charge is 0.0547 e. The number of nitrogens with one attached hydrogen (secondary N) is 1. The fourth-order valence-corrected chi connectivity index (χ4v) is 2.89. The predicted molar refractivity (Wildman–Crippen MR) is 89.1 cm³/mol. The highest BCUT2D eigenvalue weighted by atomic mass is 15.1. The van der Waals surface area contributed by atoms with Gasteiger partial charge in [0.1, 0.15) is 0 Å². The van der Waals surface area contributed by atoms with Crippen LogP contribution < -0.4 is 5.32 Å². The molecule has 1 aromatic heterocycles. The van der Waals surface area contributed by atoms with Gasteiger partial charge in [-0.2, -0.15) is 0 Å². The molecule has 0 aromatic carbocycles. The molecule has 1 saturated heterocycles. The average Bonchev–Trinajstić information content (AvgIpc) is 2.58. The van der Waals surface area contributed by atoms with Crippen LogP contribution in [0.25, 0.3) is 0 Å². The molecular formula is C18H31N3. The molecule has 1 fully saturated rings. The van der Waals surface area contributed by atoms with E-state index in [0.717, 1.165) is 18.8 Å². The van der Waals surface area contributed by atoms with Gasteiger partial charge in [-0.25, -0.2) is 0 Å². The van der Waals surface area contributed by atoms with Crippen LogP contribution >= 0.6 is 0 Å². The van der Waals surface area contributed by atoms with Crippen LogP contribution in [0, 0.1) is 5.41 Å². The van der Waals surface area contributed by atoms with Crippen molar-refractivity contribution >= 4 is 0 Å². The lowest BCUT2D eigenvalue weighted by atomic mass is 9.85. The summed E-state index contributed by atoms with van der Waals surface area (Å²) < 4.78 is 0. The van der Waals surface area contributed by atoms with Gasteiger partial charge in [0.05, 0.1) is 11.4 Å². The minimum Gasteiger partial charge on any atom is -0.309 e. The SMILES string of the molecule is CC(C)NCc1cccc(CN2CCCC(C)(C)CC2)n1. The van der Waals surface area contributed by atoms with E-state index in [4.69, 9.17) is 4.98 Å². The quantitative estimate of drug-likeness (QED) is 0.898. The second-order valence-electron chi connectivity index (χ2n) is 7.45. The van der Waals surface area contributed by atoms with Gasteiger partial charge in [0, 0.05) is 19.1 Å².